The van der Waals surface area contributed by atoms with E-state index in [1.54, 1.807) is 0 Å². The van der Waals surface area contributed by atoms with Crippen LogP contribution in [0.2, 0.25) is 0 Å². The van der Waals surface area contributed by atoms with Crippen molar-refractivity contribution in [2.24, 2.45) is 0 Å². The summed E-state index contributed by atoms with van der Waals surface area (Å²) in [7, 11) is 0. The van der Waals surface area contributed by atoms with Crippen molar-refractivity contribution in [3.05, 3.63) is 60.2 Å². The van der Waals surface area contributed by atoms with E-state index < -0.39 is 0 Å². The Hall–Kier alpha value is -2.10. The Morgan fingerprint density at radius 2 is 1.91 bits per heavy atom. The highest BCUT2D eigenvalue weighted by Gasteiger charge is 2.39. The third-order valence-corrected chi connectivity index (χ3v) is 4.82. The van der Waals surface area contributed by atoms with Crippen LogP contribution in [0.25, 0.3) is 0 Å². The highest BCUT2D eigenvalue weighted by Crippen LogP contribution is 2.43. The SMILES string of the molecule is C[C@@H](C(=O)NCC1(c2ccc(F)cc2)CCC1)n1cccc1. The predicted molar refractivity (Wildman–Crippen MR) is 84.1 cm³/mol. The van der Waals surface area contributed by atoms with Gasteiger partial charge in [0.05, 0.1) is 0 Å². The first kappa shape index (κ1) is 14.8. The lowest BCUT2D eigenvalue weighted by molar-refractivity contribution is -0.124. The van der Waals surface area contributed by atoms with Gasteiger partial charge >= 0.3 is 0 Å². The van der Waals surface area contributed by atoms with E-state index in [0.29, 0.717) is 6.54 Å². The molecule has 1 saturated carbocycles. The second kappa shape index (κ2) is 5.95. The fraction of sp³-hybridized carbons (Fsp3) is 0.389. The second-order valence-electron chi connectivity index (χ2n) is 6.16. The molecule has 3 rings (SSSR count). The summed E-state index contributed by atoms with van der Waals surface area (Å²) in [4.78, 5) is 12.3. The Balaban J connectivity index is 1.66. The molecule has 1 aliphatic carbocycles. The van der Waals surface area contributed by atoms with Crippen molar-refractivity contribution >= 4 is 5.91 Å². The van der Waals surface area contributed by atoms with Gasteiger partial charge in [0.1, 0.15) is 11.9 Å². The number of amides is 1. The zero-order chi connectivity index (χ0) is 15.6. The number of hydrogen-bond acceptors (Lipinski definition) is 1. The minimum absolute atomic E-state index is 0.0181. The molecule has 0 aliphatic heterocycles. The quantitative estimate of drug-likeness (QED) is 0.902. The van der Waals surface area contributed by atoms with Gasteiger partial charge in [-0.15, -0.1) is 0 Å². The van der Waals surface area contributed by atoms with Crippen molar-refractivity contribution in [1.82, 2.24) is 9.88 Å². The molecule has 1 aromatic heterocycles. The molecule has 1 heterocycles. The van der Waals surface area contributed by atoms with E-state index in [-0.39, 0.29) is 23.2 Å². The van der Waals surface area contributed by atoms with Crippen LogP contribution in [-0.4, -0.2) is 17.0 Å². The number of carbonyl (C=O) groups is 1. The van der Waals surface area contributed by atoms with Crippen LogP contribution in [0.5, 0.6) is 0 Å². The first-order chi connectivity index (χ1) is 10.6. The standard InChI is InChI=1S/C18H21FN2O/c1-14(21-11-2-3-12-21)17(22)20-13-18(9-4-10-18)15-5-7-16(19)8-6-15/h2-3,5-8,11-12,14H,4,9-10,13H2,1H3,(H,20,22)/t14-/m0/s1. The highest BCUT2D eigenvalue weighted by atomic mass is 19.1. The average molecular weight is 300 g/mol. The molecule has 1 amide bonds. The lowest BCUT2D eigenvalue weighted by Gasteiger charge is -2.42. The van der Waals surface area contributed by atoms with Crippen molar-refractivity contribution in [3.8, 4) is 0 Å². The molecule has 22 heavy (non-hydrogen) atoms. The summed E-state index contributed by atoms with van der Waals surface area (Å²) < 4.78 is 15.0. The van der Waals surface area contributed by atoms with E-state index in [1.807, 2.05) is 48.1 Å². The van der Waals surface area contributed by atoms with Crippen molar-refractivity contribution in [2.75, 3.05) is 6.54 Å². The molecule has 4 heteroatoms. The van der Waals surface area contributed by atoms with Gasteiger partial charge in [-0.1, -0.05) is 18.6 Å². The van der Waals surface area contributed by atoms with Crippen LogP contribution < -0.4 is 5.32 Å². The third kappa shape index (κ3) is 2.78. The maximum Gasteiger partial charge on any atom is 0.242 e. The second-order valence-corrected chi connectivity index (χ2v) is 6.16. The summed E-state index contributed by atoms with van der Waals surface area (Å²) in [6.45, 7) is 2.50. The van der Waals surface area contributed by atoms with Gasteiger partial charge in [-0.3, -0.25) is 4.79 Å². The highest BCUT2D eigenvalue weighted by molar-refractivity contribution is 5.80. The summed E-state index contributed by atoms with van der Waals surface area (Å²) in [5, 5.41) is 3.07. The van der Waals surface area contributed by atoms with Crippen LogP contribution >= 0.6 is 0 Å². The third-order valence-electron chi connectivity index (χ3n) is 4.82. The molecule has 3 nitrogen and oxygen atoms in total. The molecular formula is C18H21FN2O. The number of nitrogens with one attached hydrogen (secondary N) is 1. The monoisotopic (exact) mass is 300 g/mol. The molecule has 1 fully saturated rings. The van der Waals surface area contributed by atoms with Gasteiger partial charge in [0.2, 0.25) is 5.91 Å². The number of benzene rings is 1. The van der Waals surface area contributed by atoms with Gasteiger partial charge in [-0.05, 0) is 49.6 Å². The molecular weight excluding hydrogens is 279 g/mol. The topological polar surface area (TPSA) is 34.0 Å². The van der Waals surface area contributed by atoms with E-state index in [0.717, 1.165) is 24.8 Å². The smallest absolute Gasteiger partial charge is 0.242 e. The molecule has 2 aromatic rings. The van der Waals surface area contributed by atoms with Gasteiger partial charge in [0.15, 0.2) is 0 Å². The van der Waals surface area contributed by atoms with Crippen molar-refractivity contribution in [2.45, 2.75) is 37.6 Å². The van der Waals surface area contributed by atoms with E-state index in [1.165, 1.54) is 12.1 Å². The number of halogens is 1. The van der Waals surface area contributed by atoms with Crippen LogP contribution in [0, 0.1) is 5.82 Å². The van der Waals surface area contributed by atoms with Gasteiger partial charge in [0, 0.05) is 24.4 Å². The Kier molecular flexibility index (Phi) is 4.01. The van der Waals surface area contributed by atoms with Gasteiger partial charge in [-0.25, -0.2) is 4.39 Å². The fourth-order valence-corrected chi connectivity index (χ4v) is 3.12. The molecule has 0 bridgehead atoms. The van der Waals surface area contributed by atoms with Crippen molar-refractivity contribution < 1.29 is 9.18 Å². The van der Waals surface area contributed by atoms with Gasteiger partial charge in [0.25, 0.3) is 0 Å². The number of hydrogen-bond donors (Lipinski definition) is 1. The largest absolute Gasteiger partial charge is 0.353 e. The Morgan fingerprint density at radius 1 is 1.27 bits per heavy atom. The van der Waals surface area contributed by atoms with E-state index in [9.17, 15) is 9.18 Å². The molecule has 0 unspecified atom stereocenters. The Labute approximate surface area is 130 Å². The molecule has 1 atom stereocenters. The van der Waals surface area contributed by atoms with Gasteiger partial charge < -0.3 is 9.88 Å². The average Bonchev–Trinajstić information content (AvgIpc) is 3.01. The summed E-state index contributed by atoms with van der Waals surface area (Å²) in [6, 6.07) is 10.3. The normalized spacial score (nSPS) is 17.5. The zero-order valence-electron chi connectivity index (χ0n) is 12.8. The van der Waals surface area contributed by atoms with Crippen LogP contribution in [0.1, 0.15) is 37.8 Å². The van der Waals surface area contributed by atoms with Crippen LogP contribution in [-0.2, 0) is 10.2 Å². The zero-order valence-corrected chi connectivity index (χ0v) is 12.8. The minimum atomic E-state index is -0.222. The molecule has 1 aliphatic rings. The first-order valence-corrected chi connectivity index (χ1v) is 7.77. The summed E-state index contributed by atoms with van der Waals surface area (Å²) in [5.41, 5.74) is 1.09. The first-order valence-electron chi connectivity index (χ1n) is 7.77. The van der Waals surface area contributed by atoms with Crippen LogP contribution in [0.15, 0.2) is 48.8 Å². The van der Waals surface area contributed by atoms with E-state index in [4.69, 9.17) is 0 Å². The van der Waals surface area contributed by atoms with E-state index in [2.05, 4.69) is 5.32 Å². The Morgan fingerprint density at radius 3 is 2.45 bits per heavy atom. The maximum absolute atomic E-state index is 13.1. The van der Waals surface area contributed by atoms with Crippen LogP contribution in [0.3, 0.4) is 0 Å². The number of rotatable bonds is 5. The van der Waals surface area contributed by atoms with Crippen molar-refractivity contribution in [3.63, 3.8) is 0 Å². The summed E-state index contributed by atoms with van der Waals surface area (Å²) in [6.07, 6.45) is 7.01. The maximum atomic E-state index is 13.1. The number of carbonyl (C=O) groups excluding carboxylic acids is 1. The van der Waals surface area contributed by atoms with Gasteiger partial charge in [-0.2, -0.15) is 0 Å². The van der Waals surface area contributed by atoms with Crippen molar-refractivity contribution in [1.29, 1.82) is 0 Å². The molecule has 0 saturated heterocycles. The number of nitrogens with zero attached hydrogens (tertiary/aromatic N) is 1. The minimum Gasteiger partial charge on any atom is -0.353 e. The molecule has 1 aromatic carbocycles. The summed E-state index contributed by atoms with van der Waals surface area (Å²) in [5.74, 6) is -0.201. The Bertz CT molecular complexity index is 630. The molecule has 116 valence electrons. The van der Waals surface area contributed by atoms with Crippen LogP contribution in [0.4, 0.5) is 4.39 Å². The number of aromatic nitrogens is 1. The van der Waals surface area contributed by atoms with E-state index >= 15 is 0 Å². The fourth-order valence-electron chi connectivity index (χ4n) is 3.12. The lowest BCUT2D eigenvalue weighted by Crippen LogP contribution is -2.46. The lowest BCUT2D eigenvalue weighted by atomic mass is 9.64. The summed E-state index contributed by atoms with van der Waals surface area (Å²) >= 11 is 0. The molecule has 0 radical (unpaired) electrons. The predicted octanol–water partition coefficient (Wildman–Crippen LogP) is 3.43. The molecule has 0 spiro atoms. The molecule has 1 N–H and O–H groups in total.